The molecule has 0 aliphatic rings. The zero-order valence-corrected chi connectivity index (χ0v) is 14.2. The Morgan fingerprint density at radius 3 is 2.58 bits per heavy atom. The van der Waals surface area contributed by atoms with Crippen LogP contribution in [-0.2, 0) is 6.42 Å². The molecule has 0 bridgehead atoms. The van der Waals surface area contributed by atoms with Gasteiger partial charge in [0.05, 0.1) is 7.11 Å². The average Bonchev–Trinajstić information content (AvgIpc) is 3.01. The van der Waals surface area contributed by atoms with Crippen LogP contribution in [0.15, 0.2) is 36.4 Å². The van der Waals surface area contributed by atoms with Gasteiger partial charge in [0.15, 0.2) is 0 Å². The van der Waals surface area contributed by atoms with E-state index in [-0.39, 0.29) is 5.75 Å². The summed E-state index contributed by atoms with van der Waals surface area (Å²) in [6, 6.07) is 11.3. The second-order valence-corrected chi connectivity index (χ2v) is 5.98. The van der Waals surface area contributed by atoms with Crippen LogP contribution in [0.25, 0.3) is 16.7 Å². The summed E-state index contributed by atoms with van der Waals surface area (Å²) < 4.78 is 5.21. The second kappa shape index (κ2) is 7.34. The van der Waals surface area contributed by atoms with E-state index in [4.69, 9.17) is 4.74 Å². The molecule has 3 aromatic rings. The molecule has 0 aliphatic carbocycles. The number of nitrogens with zero attached hydrogens (tertiary/aromatic N) is 3. The summed E-state index contributed by atoms with van der Waals surface area (Å²) in [5, 5.41) is 19.2. The van der Waals surface area contributed by atoms with Crippen molar-refractivity contribution in [1.82, 2.24) is 15.0 Å². The van der Waals surface area contributed by atoms with Crippen LogP contribution < -0.4 is 4.74 Å². The quantitative estimate of drug-likeness (QED) is 0.659. The summed E-state index contributed by atoms with van der Waals surface area (Å²) in [4.78, 5) is 1.47. The highest BCUT2D eigenvalue weighted by atomic mass is 16.5. The van der Waals surface area contributed by atoms with E-state index in [9.17, 15) is 5.11 Å². The van der Waals surface area contributed by atoms with Crippen LogP contribution in [0.5, 0.6) is 11.5 Å². The minimum atomic E-state index is 0.204. The third kappa shape index (κ3) is 3.50. The van der Waals surface area contributed by atoms with Crippen LogP contribution in [0, 0.1) is 0 Å². The van der Waals surface area contributed by atoms with Gasteiger partial charge in [-0.25, -0.2) is 0 Å². The normalized spacial score (nSPS) is 11.1. The lowest BCUT2D eigenvalue weighted by Gasteiger charge is -2.06. The molecule has 0 radical (unpaired) electrons. The Hall–Kier alpha value is -2.56. The van der Waals surface area contributed by atoms with Gasteiger partial charge in [-0.1, -0.05) is 32.3 Å². The summed E-state index contributed by atoms with van der Waals surface area (Å²) >= 11 is 0. The molecule has 0 saturated heterocycles. The largest absolute Gasteiger partial charge is 0.506 e. The van der Waals surface area contributed by atoms with Crippen LogP contribution in [-0.4, -0.2) is 27.2 Å². The molecule has 0 atom stereocenters. The third-order valence-electron chi connectivity index (χ3n) is 4.16. The highest BCUT2D eigenvalue weighted by Gasteiger charge is 2.10. The Kier molecular flexibility index (Phi) is 4.99. The number of phenols is 1. The minimum Gasteiger partial charge on any atom is -0.506 e. The number of methoxy groups -OCH3 is 1. The Bertz CT molecular complexity index is 827. The van der Waals surface area contributed by atoms with E-state index in [0.717, 1.165) is 35.2 Å². The van der Waals surface area contributed by atoms with E-state index in [1.54, 1.807) is 7.11 Å². The van der Waals surface area contributed by atoms with Gasteiger partial charge in [-0.2, -0.15) is 0 Å². The van der Waals surface area contributed by atoms with Crippen molar-refractivity contribution < 1.29 is 9.84 Å². The lowest BCUT2D eigenvalue weighted by molar-refractivity contribution is 0.415. The first-order valence-electron chi connectivity index (χ1n) is 8.44. The lowest BCUT2D eigenvalue weighted by Crippen LogP contribution is -1.99. The summed E-state index contributed by atoms with van der Waals surface area (Å²) in [6.07, 6.45) is 5.85. The number of aromatic nitrogens is 3. The smallest absolute Gasteiger partial charge is 0.143 e. The molecule has 0 spiro atoms. The van der Waals surface area contributed by atoms with Gasteiger partial charge < -0.3 is 9.84 Å². The standard InChI is InChI=1S/C19H23N3O2/c1-3-4-5-6-7-14-8-11-18(19(23)12-14)22-20-16-10-9-15(24-2)13-17(16)21-22/h8-13,23H,3-7H2,1-2H3. The fraction of sp³-hybridized carbons (Fsp3) is 0.368. The zero-order valence-electron chi connectivity index (χ0n) is 14.2. The van der Waals surface area contributed by atoms with Crippen molar-refractivity contribution in [2.45, 2.75) is 39.0 Å². The fourth-order valence-corrected chi connectivity index (χ4v) is 2.78. The minimum absolute atomic E-state index is 0.204. The molecule has 1 heterocycles. The molecule has 5 nitrogen and oxygen atoms in total. The zero-order chi connectivity index (χ0) is 16.9. The van der Waals surface area contributed by atoms with E-state index in [0.29, 0.717) is 5.69 Å². The average molecular weight is 325 g/mol. The Morgan fingerprint density at radius 2 is 1.83 bits per heavy atom. The van der Waals surface area contributed by atoms with Crippen LogP contribution >= 0.6 is 0 Å². The first-order valence-corrected chi connectivity index (χ1v) is 8.44. The van der Waals surface area contributed by atoms with Gasteiger partial charge in [0.25, 0.3) is 0 Å². The molecule has 0 amide bonds. The van der Waals surface area contributed by atoms with E-state index >= 15 is 0 Å². The Balaban J connectivity index is 1.81. The third-order valence-corrected chi connectivity index (χ3v) is 4.16. The first kappa shape index (κ1) is 16.3. The van der Waals surface area contributed by atoms with Gasteiger partial charge >= 0.3 is 0 Å². The number of aromatic hydroxyl groups is 1. The van der Waals surface area contributed by atoms with E-state index in [1.807, 2.05) is 36.4 Å². The highest BCUT2D eigenvalue weighted by Crippen LogP contribution is 2.25. The predicted molar refractivity (Wildman–Crippen MR) is 94.9 cm³/mol. The van der Waals surface area contributed by atoms with Gasteiger partial charge in [-0.05, 0) is 42.7 Å². The number of ether oxygens (including phenoxy) is 1. The summed E-state index contributed by atoms with van der Waals surface area (Å²) in [6.45, 7) is 2.21. The number of phenolic OH excluding ortho intramolecular Hbond substituents is 1. The molecule has 0 aliphatic heterocycles. The Labute approximate surface area is 141 Å². The van der Waals surface area contributed by atoms with Crippen LogP contribution in [0.1, 0.15) is 38.2 Å². The van der Waals surface area contributed by atoms with E-state index in [2.05, 4.69) is 17.1 Å². The second-order valence-electron chi connectivity index (χ2n) is 5.98. The maximum absolute atomic E-state index is 10.3. The number of hydrogen-bond acceptors (Lipinski definition) is 4. The van der Waals surface area contributed by atoms with Gasteiger partial charge in [0, 0.05) is 6.07 Å². The molecule has 0 fully saturated rings. The van der Waals surface area contributed by atoms with Gasteiger partial charge in [-0.15, -0.1) is 15.0 Å². The maximum atomic E-state index is 10.3. The van der Waals surface area contributed by atoms with Crippen molar-refractivity contribution >= 4 is 11.0 Å². The number of aryl methyl sites for hydroxylation is 1. The molecule has 5 heteroatoms. The lowest BCUT2D eigenvalue weighted by atomic mass is 10.1. The van der Waals surface area contributed by atoms with E-state index < -0.39 is 0 Å². The molecule has 0 unspecified atom stereocenters. The number of hydrogen-bond donors (Lipinski definition) is 1. The number of rotatable bonds is 7. The van der Waals surface area contributed by atoms with Gasteiger partial charge in [0.1, 0.15) is 28.2 Å². The van der Waals surface area contributed by atoms with Crippen molar-refractivity contribution in [1.29, 1.82) is 0 Å². The molecule has 24 heavy (non-hydrogen) atoms. The topological polar surface area (TPSA) is 60.2 Å². The first-order chi connectivity index (χ1) is 11.7. The van der Waals surface area contributed by atoms with Crippen molar-refractivity contribution in [3.05, 3.63) is 42.0 Å². The monoisotopic (exact) mass is 325 g/mol. The van der Waals surface area contributed by atoms with Crippen LogP contribution in [0.3, 0.4) is 0 Å². The molecule has 1 N–H and O–H groups in total. The highest BCUT2D eigenvalue weighted by molar-refractivity contribution is 5.75. The fourth-order valence-electron chi connectivity index (χ4n) is 2.78. The number of unbranched alkanes of at least 4 members (excludes halogenated alkanes) is 3. The SMILES string of the molecule is CCCCCCc1ccc(-n2nc3ccc(OC)cc3n2)c(O)c1. The molecule has 126 valence electrons. The summed E-state index contributed by atoms with van der Waals surface area (Å²) in [7, 11) is 1.62. The van der Waals surface area contributed by atoms with Crippen molar-refractivity contribution in [2.75, 3.05) is 7.11 Å². The molecular weight excluding hydrogens is 302 g/mol. The van der Waals surface area contributed by atoms with Gasteiger partial charge in [0.2, 0.25) is 0 Å². The molecule has 1 aromatic heterocycles. The molecule has 0 saturated carbocycles. The summed E-state index contributed by atoms with van der Waals surface area (Å²) in [5.74, 6) is 0.941. The number of fused-ring (bicyclic) bond motifs is 1. The van der Waals surface area contributed by atoms with Crippen molar-refractivity contribution in [3.63, 3.8) is 0 Å². The van der Waals surface area contributed by atoms with Gasteiger partial charge in [-0.3, -0.25) is 0 Å². The Morgan fingerprint density at radius 1 is 1.00 bits per heavy atom. The van der Waals surface area contributed by atoms with Crippen LogP contribution in [0.4, 0.5) is 0 Å². The maximum Gasteiger partial charge on any atom is 0.143 e. The number of benzene rings is 2. The molecule has 2 aromatic carbocycles. The summed E-state index contributed by atoms with van der Waals surface area (Å²) in [5.41, 5.74) is 3.23. The predicted octanol–water partition coefficient (Wildman–Crippen LogP) is 4.26. The van der Waals surface area contributed by atoms with E-state index in [1.165, 1.54) is 24.1 Å². The molecular formula is C19H23N3O2. The van der Waals surface area contributed by atoms with Crippen molar-refractivity contribution in [2.24, 2.45) is 0 Å². The van der Waals surface area contributed by atoms with Crippen molar-refractivity contribution in [3.8, 4) is 17.2 Å². The van der Waals surface area contributed by atoms with Crippen LogP contribution in [0.2, 0.25) is 0 Å². The molecule has 3 rings (SSSR count).